The second-order valence-corrected chi connectivity index (χ2v) is 5.58. The molecule has 2 aromatic rings. The lowest BCUT2D eigenvalue weighted by molar-refractivity contribution is -0.110. The molecule has 0 spiro atoms. The summed E-state index contributed by atoms with van der Waals surface area (Å²) >= 11 is 0. The molecule has 8 heteroatoms. The van der Waals surface area contributed by atoms with Crippen molar-refractivity contribution in [3.05, 3.63) is 52.9 Å². The zero-order valence-corrected chi connectivity index (χ0v) is 16.2. The van der Waals surface area contributed by atoms with Crippen molar-refractivity contribution in [2.75, 3.05) is 19.0 Å². The van der Waals surface area contributed by atoms with Crippen LogP contribution in [0.25, 0.3) is 17.7 Å². The van der Waals surface area contributed by atoms with Gasteiger partial charge in [0.25, 0.3) is 5.91 Å². The number of alkyl carbamates (subject to hydrolysis) is 1. The molecule has 1 aromatic carbocycles. The number of nitrogens with zero attached hydrogens (tertiary/aromatic N) is 1. The van der Waals surface area contributed by atoms with Crippen LogP contribution in [0.2, 0.25) is 0 Å². The number of rotatable bonds is 4. The van der Waals surface area contributed by atoms with Crippen LogP contribution < -0.4 is 10.6 Å². The van der Waals surface area contributed by atoms with Crippen molar-refractivity contribution in [3.8, 4) is 0 Å². The highest BCUT2D eigenvalue weighted by molar-refractivity contribution is 6.35. The Morgan fingerprint density at radius 3 is 2.75 bits per heavy atom. The smallest absolute Gasteiger partial charge is 0.407 e. The van der Waals surface area contributed by atoms with E-state index in [0.717, 1.165) is 5.69 Å². The fourth-order valence-corrected chi connectivity index (χ4v) is 2.64. The first kappa shape index (κ1) is 20.9. The fraction of sp³-hybridized carbons (Fsp3) is 0.250. The SMILES string of the molecule is CC.COC(=O)NCC=Cc1c(F)ccc2c1/C(=C/c1nc[nH]c1C)C(=O)N2. The fourth-order valence-electron chi connectivity index (χ4n) is 2.64. The van der Waals surface area contributed by atoms with Gasteiger partial charge < -0.3 is 20.4 Å². The van der Waals surface area contributed by atoms with Gasteiger partial charge in [0.15, 0.2) is 0 Å². The van der Waals surface area contributed by atoms with Crippen molar-refractivity contribution < 1.29 is 18.7 Å². The second kappa shape index (κ2) is 9.50. The third-order valence-electron chi connectivity index (χ3n) is 3.94. The summed E-state index contributed by atoms with van der Waals surface area (Å²) in [6.07, 6.45) is 5.67. The number of methoxy groups -OCH3 is 1. The highest BCUT2D eigenvalue weighted by Gasteiger charge is 2.28. The number of ether oxygens (including phenoxy) is 1. The summed E-state index contributed by atoms with van der Waals surface area (Å²) in [4.78, 5) is 30.5. The third-order valence-corrected chi connectivity index (χ3v) is 3.94. The van der Waals surface area contributed by atoms with E-state index in [-0.39, 0.29) is 18.0 Å². The van der Waals surface area contributed by atoms with Crippen LogP contribution in [-0.4, -0.2) is 35.6 Å². The summed E-state index contributed by atoms with van der Waals surface area (Å²) < 4.78 is 18.9. The standard InChI is InChI=1S/C18H17FN4O3.C2H6/c1-10-15(22-9-21-10)8-12-16-11(4-3-7-20-18(25)26-2)13(19)5-6-14(16)23-17(12)24;1-2/h3-6,8-9H,7H2,1-2H3,(H,20,25)(H,21,22)(H,23,24);1-2H3/b4-3?,12-8-;. The molecule has 2 heterocycles. The number of aryl methyl sites for hydroxylation is 1. The molecule has 0 saturated heterocycles. The minimum absolute atomic E-state index is 0.161. The molecule has 1 aromatic heterocycles. The van der Waals surface area contributed by atoms with Crippen molar-refractivity contribution in [3.63, 3.8) is 0 Å². The van der Waals surface area contributed by atoms with Gasteiger partial charge in [0, 0.05) is 29.1 Å². The maximum atomic E-state index is 14.4. The number of carbonyl (C=O) groups is 2. The Hall–Kier alpha value is -3.42. The van der Waals surface area contributed by atoms with Crippen LogP contribution in [0.1, 0.15) is 36.4 Å². The van der Waals surface area contributed by atoms with Gasteiger partial charge in [-0.1, -0.05) is 26.0 Å². The Morgan fingerprint density at radius 2 is 2.11 bits per heavy atom. The average molecular weight is 386 g/mol. The summed E-state index contributed by atoms with van der Waals surface area (Å²) in [7, 11) is 1.26. The predicted octanol–water partition coefficient (Wildman–Crippen LogP) is 3.75. The molecule has 28 heavy (non-hydrogen) atoms. The van der Waals surface area contributed by atoms with Crippen LogP contribution in [-0.2, 0) is 9.53 Å². The van der Waals surface area contributed by atoms with Crippen molar-refractivity contribution in [1.29, 1.82) is 0 Å². The zero-order chi connectivity index (χ0) is 20.7. The van der Waals surface area contributed by atoms with Crippen LogP contribution >= 0.6 is 0 Å². The van der Waals surface area contributed by atoms with E-state index in [1.807, 2.05) is 20.8 Å². The number of benzene rings is 1. The molecule has 0 bridgehead atoms. The highest BCUT2D eigenvalue weighted by Crippen LogP contribution is 2.37. The molecule has 0 atom stereocenters. The predicted molar refractivity (Wildman–Crippen MR) is 107 cm³/mol. The van der Waals surface area contributed by atoms with Gasteiger partial charge in [0.05, 0.1) is 24.7 Å². The molecular weight excluding hydrogens is 363 g/mol. The summed E-state index contributed by atoms with van der Waals surface area (Å²) in [6.45, 7) is 5.99. The highest BCUT2D eigenvalue weighted by atomic mass is 19.1. The van der Waals surface area contributed by atoms with Crippen LogP contribution in [0.5, 0.6) is 0 Å². The minimum Gasteiger partial charge on any atom is -0.453 e. The van der Waals surface area contributed by atoms with Gasteiger partial charge >= 0.3 is 6.09 Å². The van der Waals surface area contributed by atoms with Crippen LogP contribution in [0.4, 0.5) is 14.9 Å². The Bertz CT molecular complexity index is 932. The largest absolute Gasteiger partial charge is 0.453 e. The van der Waals surface area contributed by atoms with E-state index in [1.54, 1.807) is 12.2 Å². The van der Waals surface area contributed by atoms with E-state index in [9.17, 15) is 14.0 Å². The van der Waals surface area contributed by atoms with Crippen molar-refractivity contribution in [2.24, 2.45) is 0 Å². The van der Waals surface area contributed by atoms with Gasteiger partial charge in [0.1, 0.15) is 5.82 Å². The minimum atomic E-state index is -0.583. The van der Waals surface area contributed by atoms with Gasteiger partial charge in [-0.15, -0.1) is 0 Å². The quantitative estimate of drug-likeness (QED) is 0.698. The molecular formula is C20H23FN4O3. The van der Waals surface area contributed by atoms with E-state index in [1.165, 1.54) is 31.6 Å². The maximum Gasteiger partial charge on any atom is 0.407 e. The average Bonchev–Trinajstić information content (AvgIpc) is 3.25. The van der Waals surface area contributed by atoms with Gasteiger partial charge in [-0.25, -0.2) is 14.2 Å². The van der Waals surface area contributed by atoms with Crippen LogP contribution in [0.3, 0.4) is 0 Å². The van der Waals surface area contributed by atoms with Crippen molar-refractivity contribution >= 4 is 35.4 Å². The van der Waals surface area contributed by atoms with E-state index in [2.05, 4.69) is 25.3 Å². The molecule has 0 radical (unpaired) electrons. The molecule has 0 fully saturated rings. The molecule has 1 aliphatic heterocycles. The number of aromatic amines is 1. The van der Waals surface area contributed by atoms with Gasteiger partial charge in [-0.3, -0.25) is 4.79 Å². The molecule has 3 N–H and O–H groups in total. The Balaban J connectivity index is 0.00000136. The number of imidazole rings is 1. The van der Waals surface area contributed by atoms with E-state index in [0.29, 0.717) is 22.5 Å². The lowest BCUT2D eigenvalue weighted by Crippen LogP contribution is -2.22. The van der Waals surface area contributed by atoms with Gasteiger partial charge in [-0.05, 0) is 25.1 Å². The summed E-state index contributed by atoms with van der Waals surface area (Å²) in [6, 6.07) is 2.81. The lowest BCUT2D eigenvalue weighted by Gasteiger charge is -2.06. The molecule has 0 unspecified atom stereocenters. The monoisotopic (exact) mass is 386 g/mol. The van der Waals surface area contributed by atoms with Crippen LogP contribution in [0, 0.1) is 12.7 Å². The zero-order valence-electron chi connectivity index (χ0n) is 16.2. The molecule has 0 saturated carbocycles. The summed E-state index contributed by atoms with van der Waals surface area (Å²) in [5.74, 6) is -0.797. The van der Waals surface area contributed by atoms with E-state index >= 15 is 0 Å². The normalized spacial score (nSPS) is 13.8. The van der Waals surface area contributed by atoms with Crippen LogP contribution in [0.15, 0.2) is 24.5 Å². The Labute approximate surface area is 162 Å². The molecule has 2 amide bonds. The lowest BCUT2D eigenvalue weighted by atomic mass is 9.98. The summed E-state index contributed by atoms with van der Waals surface area (Å²) in [5, 5.41) is 5.20. The van der Waals surface area contributed by atoms with Gasteiger partial charge in [-0.2, -0.15) is 0 Å². The molecule has 3 rings (SSSR count). The number of halogens is 1. The number of anilines is 1. The third kappa shape index (κ3) is 4.46. The van der Waals surface area contributed by atoms with E-state index < -0.39 is 11.9 Å². The summed E-state index contributed by atoms with van der Waals surface area (Å²) in [5.41, 5.74) is 2.98. The first-order chi connectivity index (χ1) is 13.5. The Kier molecular flexibility index (Phi) is 7.08. The van der Waals surface area contributed by atoms with Crippen molar-refractivity contribution in [1.82, 2.24) is 15.3 Å². The number of hydrogen-bond acceptors (Lipinski definition) is 4. The molecule has 1 aliphatic rings. The molecule has 148 valence electrons. The molecule has 0 aliphatic carbocycles. The number of H-pyrrole nitrogens is 1. The van der Waals surface area contributed by atoms with E-state index in [4.69, 9.17) is 0 Å². The number of fused-ring (bicyclic) bond motifs is 1. The number of carbonyl (C=O) groups excluding carboxylic acids is 2. The maximum absolute atomic E-state index is 14.4. The number of amides is 2. The topological polar surface area (TPSA) is 96.1 Å². The molecule has 7 nitrogen and oxygen atoms in total. The second-order valence-electron chi connectivity index (χ2n) is 5.58. The van der Waals surface area contributed by atoms with Gasteiger partial charge in [0.2, 0.25) is 0 Å². The first-order valence-corrected chi connectivity index (χ1v) is 8.85. The number of hydrogen-bond donors (Lipinski definition) is 3. The number of nitrogens with one attached hydrogen (secondary N) is 3. The number of aromatic nitrogens is 2. The van der Waals surface area contributed by atoms with Crippen molar-refractivity contribution in [2.45, 2.75) is 20.8 Å². The first-order valence-electron chi connectivity index (χ1n) is 8.85. The Morgan fingerprint density at radius 1 is 1.36 bits per heavy atom.